The van der Waals surface area contributed by atoms with Gasteiger partial charge in [0.25, 0.3) is 0 Å². The number of benzene rings is 1. The van der Waals surface area contributed by atoms with Crippen LogP contribution in [-0.4, -0.2) is 6.54 Å². The fraction of sp³-hybridized carbons (Fsp3) is 0.375. The molecule has 0 spiro atoms. The predicted molar refractivity (Wildman–Crippen MR) is 90.8 cm³/mol. The first-order valence-corrected chi connectivity index (χ1v) is 8.92. The lowest BCUT2D eigenvalue weighted by atomic mass is 9.95. The first kappa shape index (κ1) is 14.6. The van der Waals surface area contributed by atoms with Gasteiger partial charge < -0.3 is 5.32 Å². The molecule has 1 unspecified atom stereocenters. The first-order valence-electron chi connectivity index (χ1n) is 6.94. The molecule has 0 saturated heterocycles. The zero-order valence-corrected chi connectivity index (χ0v) is 14.5. The highest BCUT2D eigenvalue weighted by molar-refractivity contribution is 9.10. The SMILES string of the molecule is CCNC(c1cc(Br)c(Cl)s1)C1Cc2ccccc2C1. The molecule has 1 N–H and O–H groups in total. The molecule has 106 valence electrons. The van der Waals surface area contributed by atoms with Crippen LogP contribution in [0.2, 0.25) is 4.34 Å². The van der Waals surface area contributed by atoms with Crippen molar-refractivity contribution in [2.75, 3.05) is 6.54 Å². The Balaban J connectivity index is 1.86. The van der Waals surface area contributed by atoms with Crippen molar-refractivity contribution in [3.05, 3.63) is 55.1 Å². The van der Waals surface area contributed by atoms with Gasteiger partial charge in [-0.15, -0.1) is 11.3 Å². The van der Waals surface area contributed by atoms with Gasteiger partial charge in [-0.2, -0.15) is 0 Å². The summed E-state index contributed by atoms with van der Waals surface area (Å²) in [5, 5.41) is 3.65. The van der Waals surface area contributed by atoms with Gasteiger partial charge in [0.1, 0.15) is 4.34 Å². The second-order valence-electron chi connectivity index (χ2n) is 5.24. The molecule has 0 aliphatic heterocycles. The minimum Gasteiger partial charge on any atom is -0.309 e. The zero-order valence-electron chi connectivity index (χ0n) is 11.3. The average Bonchev–Trinajstić information content (AvgIpc) is 3.00. The molecule has 0 bridgehead atoms. The Kier molecular flexibility index (Phi) is 4.51. The monoisotopic (exact) mass is 369 g/mol. The van der Waals surface area contributed by atoms with Crippen molar-refractivity contribution in [2.24, 2.45) is 5.92 Å². The fourth-order valence-electron chi connectivity index (χ4n) is 3.06. The molecule has 1 nitrogen and oxygen atoms in total. The number of nitrogens with one attached hydrogen (secondary N) is 1. The highest BCUT2D eigenvalue weighted by atomic mass is 79.9. The summed E-state index contributed by atoms with van der Waals surface area (Å²) in [6.45, 7) is 3.14. The van der Waals surface area contributed by atoms with Crippen LogP contribution in [0.15, 0.2) is 34.8 Å². The highest BCUT2D eigenvalue weighted by Crippen LogP contribution is 2.41. The Bertz CT molecular complexity index is 566. The van der Waals surface area contributed by atoms with E-state index in [1.807, 2.05) is 0 Å². The van der Waals surface area contributed by atoms with Gasteiger partial charge in [-0.1, -0.05) is 42.8 Å². The van der Waals surface area contributed by atoms with Crippen LogP contribution in [0.3, 0.4) is 0 Å². The lowest BCUT2D eigenvalue weighted by molar-refractivity contribution is 0.386. The number of hydrogen-bond acceptors (Lipinski definition) is 2. The largest absolute Gasteiger partial charge is 0.309 e. The van der Waals surface area contributed by atoms with E-state index in [2.05, 4.69) is 58.5 Å². The lowest BCUT2D eigenvalue weighted by Gasteiger charge is -2.23. The summed E-state index contributed by atoms with van der Waals surface area (Å²) in [4.78, 5) is 1.33. The van der Waals surface area contributed by atoms with Gasteiger partial charge in [0.05, 0.1) is 0 Å². The van der Waals surface area contributed by atoms with E-state index in [1.165, 1.54) is 16.0 Å². The normalized spacial score (nSPS) is 16.4. The van der Waals surface area contributed by atoms with Crippen LogP contribution in [0.4, 0.5) is 0 Å². The maximum atomic E-state index is 6.21. The van der Waals surface area contributed by atoms with Gasteiger partial charge in [0.15, 0.2) is 0 Å². The molecule has 1 aliphatic carbocycles. The van der Waals surface area contributed by atoms with E-state index < -0.39 is 0 Å². The Labute approximate surface area is 137 Å². The number of rotatable bonds is 4. The molecule has 0 saturated carbocycles. The standard InChI is InChI=1S/C16H17BrClNS/c1-2-19-15(14-9-13(17)16(18)20-14)12-7-10-5-3-4-6-11(10)8-12/h3-6,9,12,15,19H,2,7-8H2,1H3. The van der Waals surface area contributed by atoms with Crippen LogP contribution in [0.1, 0.15) is 29.0 Å². The summed E-state index contributed by atoms with van der Waals surface area (Å²) in [5.41, 5.74) is 3.00. The molecule has 2 aromatic rings. The summed E-state index contributed by atoms with van der Waals surface area (Å²) >= 11 is 11.4. The molecule has 0 amide bonds. The summed E-state index contributed by atoms with van der Waals surface area (Å²) in [7, 11) is 0. The molecular weight excluding hydrogens is 354 g/mol. The third kappa shape index (κ3) is 2.82. The van der Waals surface area contributed by atoms with E-state index >= 15 is 0 Å². The minimum absolute atomic E-state index is 0.390. The van der Waals surface area contributed by atoms with Gasteiger partial charge in [-0.3, -0.25) is 0 Å². The van der Waals surface area contributed by atoms with Crippen molar-refractivity contribution >= 4 is 38.9 Å². The van der Waals surface area contributed by atoms with Crippen LogP contribution in [-0.2, 0) is 12.8 Å². The number of thiophene rings is 1. The Morgan fingerprint density at radius 2 is 2.00 bits per heavy atom. The van der Waals surface area contributed by atoms with Gasteiger partial charge in [0, 0.05) is 15.4 Å². The van der Waals surface area contributed by atoms with E-state index in [-0.39, 0.29) is 0 Å². The van der Waals surface area contributed by atoms with Crippen molar-refractivity contribution in [3.63, 3.8) is 0 Å². The molecule has 3 rings (SSSR count). The van der Waals surface area contributed by atoms with Crippen molar-refractivity contribution in [3.8, 4) is 0 Å². The summed E-state index contributed by atoms with van der Waals surface area (Å²) in [5.74, 6) is 0.619. The molecule has 0 fully saturated rings. The van der Waals surface area contributed by atoms with E-state index in [0.29, 0.717) is 12.0 Å². The average molecular weight is 371 g/mol. The van der Waals surface area contributed by atoms with Crippen LogP contribution < -0.4 is 5.32 Å². The molecule has 1 aromatic carbocycles. The summed E-state index contributed by atoms with van der Waals surface area (Å²) in [6.07, 6.45) is 2.31. The minimum atomic E-state index is 0.390. The predicted octanol–water partition coefficient (Wildman–Crippen LogP) is 5.23. The second kappa shape index (κ2) is 6.18. The molecule has 1 atom stereocenters. The van der Waals surface area contributed by atoms with Crippen LogP contribution in [0.5, 0.6) is 0 Å². The molecule has 4 heteroatoms. The number of hydrogen-bond donors (Lipinski definition) is 1. The second-order valence-corrected chi connectivity index (χ2v) is 7.78. The third-order valence-electron chi connectivity index (χ3n) is 3.95. The van der Waals surface area contributed by atoms with Crippen LogP contribution >= 0.6 is 38.9 Å². The number of halogens is 2. The van der Waals surface area contributed by atoms with Crippen LogP contribution in [0, 0.1) is 5.92 Å². The fourth-order valence-corrected chi connectivity index (χ4v) is 4.97. The molecule has 1 heterocycles. The topological polar surface area (TPSA) is 12.0 Å². The summed E-state index contributed by atoms with van der Waals surface area (Å²) < 4.78 is 1.86. The summed E-state index contributed by atoms with van der Waals surface area (Å²) in [6, 6.07) is 11.4. The number of fused-ring (bicyclic) bond motifs is 1. The Morgan fingerprint density at radius 3 is 2.50 bits per heavy atom. The van der Waals surface area contributed by atoms with Gasteiger partial charge in [-0.25, -0.2) is 0 Å². The lowest BCUT2D eigenvalue weighted by Crippen LogP contribution is -2.28. The highest BCUT2D eigenvalue weighted by Gasteiger charge is 2.30. The molecule has 0 radical (unpaired) electrons. The molecular formula is C16H17BrClNS. The maximum absolute atomic E-state index is 6.21. The van der Waals surface area contributed by atoms with Gasteiger partial charge >= 0.3 is 0 Å². The van der Waals surface area contributed by atoms with E-state index in [4.69, 9.17) is 11.6 Å². The molecule has 20 heavy (non-hydrogen) atoms. The van der Waals surface area contributed by atoms with Crippen LogP contribution in [0.25, 0.3) is 0 Å². The van der Waals surface area contributed by atoms with E-state index in [0.717, 1.165) is 28.2 Å². The van der Waals surface area contributed by atoms with Crippen molar-refractivity contribution in [1.82, 2.24) is 5.32 Å². The van der Waals surface area contributed by atoms with E-state index in [1.54, 1.807) is 11.3 Å². The van der Waals surface area contributed by atoms with Crippen molar-refractivity contribution < 1.29 is 0 Å². The Hall–Kier alpha value is -0.350. The third-order valence-corrected chi connectivity index (χ3v) is 6.51. The smallest absolute Gasteiger partial charge is 0.107 e. The molecule has 1 aliphatic rings. The Morgan fingerprint density at radius 1 is 1.35 bits per heavy atom. The van der Waals surface area contributed by atoms with E-state index in [9.17, 15) is 0 Å². The van der Waals surface area contributed by atoms with Gasteiger partial charge in [-0.05, 0) is 58.4 Å². The quantitative estimate of drug-likeness (QED) is 0.777. The molecule has 1 aromatic heterocycles. The van der Waals surface area contributed by atoms with Crippen molar-refractivity contribution in [1.29, 1.82) is 0 Å². The maximum Gasteiger partial charge on any atom is 0.107 e. The van der Waals surface area contributed by atoms with Crippen molar-refractivity contribution in [2.45, 2.75) is 25.8 Å². The zero-order chi connectivity index (χ0) is 14.1. The van der Waals surface area contributed by atoms with Gasteiger partial charge in [0.2, 0.25) is 0 Å². The first-order chi connectivity index (χ1) is 9.69.